The molecule has 1 N–H and O–H groups in total. The van der Waals surface area contributed by atoms with Gasteiger partial charge in [0.15, 0.2) is 9.84 Å². The summed E-state index contributed by atoms with van der Waals surface area (Å²) in [7, 11) is -2.90. The van der Waals surface area contributed by atoms with Crippen molar-refractivity contribution < 1.29 is 8.42 Å². The summed E-state index contributed by atoms with van der Waals surface area (Å²) in [6.45, 7) is 12.5. The fraction of sp³-hybridized carbons (Fsp3) is 1.00. The molecule has 0 saturated carbocycles. The maximum Gasteiger partial charge on any atom is 0.153 e. The van der Waals surface area contributed by atoms with Crippen LogP contribution >= 0.6 is 0 Å². The molecule has 3 nitrogen and oxygen atoms in total. The normalized spacial score (nSPS) is 15.7. The third-order valence-corrected chi connectivity index (χ3v) is 5.06. The first-order valence-corrected chi connectivity index (χ1v) is 7.24. The van der Waals surface area contributed by atoms with E-state index in [1.54, 1.807) is 13.8 Å². The van der Waals surface area contributed by atoms with Gasteiger partial charge < -0.3 is 5.32 Å². The van der Waals surface area contributed by atoms with E-state index in [9.17, 15) is 8.42 Å². The largest absolute Gasteiger partial charge is 0.313 e. The van der Waals surface area contributed by atoms with Crippen molar-refractivity contribution in [2.45, 2.75) is 52.8 Å². The minimum atomic E-state index is -2.90. The number of sulfone groups is 1. The molecule has 0 aromatic heterocycles. The number of nitrogens with one attached hydrogen (secondary N) is 1. The summed E-state index contributed by atoms with van der Waals surface area (Å²) in [5, 5.41) is 2.98. The minimum absolute atomic E-state index is 0.168. The van der Waals surface area contributed by atoms with Crippen molar-refractivity contribution in [2.75, 3.05) is 12.3 Å². The monoisotopic (exact) mass is 235 g/mol. The summed E-state index contributed by atoms with van der Waals surface area (Å²) < 4.78 is 23.0. The van der Waals surface area contributed by atoms with Gasteiger partial charge in [-0.1, -0.05) is 20.8 Å². The van der Waals surface area contributed by atoms with Gasteiger partial charge in [0, 0.05) is 12.6 Å². The van der Waals surface area contributed by atoms with Gasteiger partial charge in [-0.2, -0.15) is 0 Å². The van der Waals surface area contributed by atoms with E-state index in [1.807, 2.05) is 0 Å². The van der Waals surface area contributed by atoms with Crippen LogP contribution in [0.5, 0.6) is 0 Å². The van der Waals surface area contributed by atoms with Crippen molar-refractivity contribution in [1.82, 2.24) is 5.32 Å². The molecule has 15 heavy (non-hydrogen) atoms. The van der Waals surface area contributed by atoms with E-state index >= 15 is 0 Å². The summed E-state index contributed by atoms with van der Waals surface area (Å²) in [6, 6.07) is 0.319. The van der Waals surface area contributed by atoms with Gasteiger partial charge in [-0.05, 0) is 26.2 Å². The second-order valence-corrected chi connectivity index (χ2v) is 8.13. The molecular weight excluding hydrogens is 210 g/mol. The Labute approximate surface area is 94.6 Å². The quantitative estimate of drug-likeness (QED) is 0.791. The van der Waals surface area contributed by atoms with E-state index in [1.165, 1.54) is 0 Å². The maximum atomic E-state index is 11.5. The van der Waals surface area contributed by atoms with E-state index in [0.717, 1.165) is 0 Å². The number of hydrogen-bond acceptors (Lipinski definition) is 3. The van der Waals surface area contributed by atoms with Gasteiger partial charge in [0.05, 0.1) is 11.0 Å². The van der Waals surface area contributed by atoms with Gasteiger partial charge >= 0.3 is 0 Å². The molecule has 4 heteroatoms. The molecule has 0 bridgehead atoms. The molecule has 0 aromatic carbocycles. The molecule has 0 aliphatic heterocycles. The van der Waals surface area contributed by atoms with Crippen LogP contribution in [0.1, 0.15) is 41.5 Å². The molecule has 0 heterocycles. The number of rotatable bonds is 5. The molecule has 0 amide bonds. The van der Waals surface area contributed by atoms with Crippen molar-refractivity contribution in [3.05, 3.63) is 0 Å². The second kappa shape index (κ2) is 5.30. The van der Waals surface area contributed by atoms with Crippen LogP contribution in [0.2, 0.25) is 0 Å². The molecule has 1 unspecified atom stereocenters. The van der Waals surface area contributed by atoms with E-state index in [-0.39, 0.29) is 16.4 Å². The topological polar surface area (TPSA) is 46.2 Å². The Kier molecular flexibility index (Phi) is 5.27. The van der Waals surface area contributed by atoms with Crippen LogP contribution in [0.15, 0.2) is 0 Å². The molecule has 0 spiro atoms. The van der Waals surface area contributed by atoms with E-state index < -0.39 is 9.84 Å². The highest BCUT2D eigenvalue weighted by Crippen LogP contribution is 2.18. The van der Waals surface area contributed by atoms with Crippen LogP contribution in [0.3, 0.4) is 0 Å². The molecule has 1 atom stereocenters. The zero-order valence-corrected chi connectivity index (χ0v) is 11.6. The highest BCUT2D eigenvalue weighted by Gasteiger charge is 2.21. The molecule has 0 radical (unpaired) electrons. The Balaban J connectivity index is 4.02. The van der Waals surface area contributed by atoms with Crippen LogP contribution in [-0.4, -0.2) is 32.0 Å². The van der Waals surface area contributed by atoms with Gasteiger partial charge in [0.2, 0.25) is 0 Å². The van der Waals surface area contributed by atoms with E-state index in [2.05, 4.69) is 33.0 Å². The maximum absolute atomic E-state index is 11.5. The van der Waals surface area contributed by atoms with Crippen molar-refractivity contribution in [1.29, 1.82) is 0 Å². The molecule has 0 aliphatic rings. The van der Waals surface area contributed by atoms with Crippen LogP contribution in [0.4, 0.5) is 0 Å². The van der Waals surface area contributed by atoms with Crippen LogP contribution < -0.4 is 5.32 Å². The minimum Gasteiger partial charge on any atom is -0.313 e. The van der Waals surface area contributed by atoms with E-state index in [0.29, 0.717) is 12.6 Å². The zero-order valence-electron chi connectivity index (χ0n) is 10.8. The smallest absolute Gasteiger partial charge is 0.153 e. The highest BCUT2D eigenvalue weighted by atomic mass is 32.2. The molecule has 0 aromatic rings. The summed E-state index contributed by atoms with van der Waals surface area (Å²) in [5.41, 5.74) is 0.168. The van der Waals surface area contributed by atoms with Gasteiger partial charge in [0.25, 0.3) is 0 Å². The van der Waals surface area contributed by atoms with Crippen molar-refractivity contribution in [3.8, 4) is 0 Å². The first-order chi connectivity index (χ1) is 6.57. The average molecular weight is 235 g/mol. The van der Waals surface area contributed by atoms with Gasteiger partial charge in [-0.15, -0.1) is 0 Å². The Morgan fingerprint density at radius 1 is 1.13 bits per heavy atom. The fourth-order valence-electron chi connectivity index (χ4n) is 0.960. The summed E-state index contributed by atoms with van der Waals surface area (Å²) >= 11 is 0. The summed E-state index contributed by atoms with van der Waals surface area (Å²) in [5.74, 6) is 0.227. The van der Waals surface area contributed by atoms with Crippen molar-refractivity contribution in [3.63, 3.8) is 0 Å². The molecule has 0 rings (SSSR count). The first-order valence-electron chi connectivity index (χ1n) is 5.52. The lowest BCUT2D eigenvalue weighted by Crippen LogP contribution is -2.40. The Bertz CT molecular complexity index is 275. The Hall–Kier alpha value is -0.0900. The van der Waals surface area contributed by atoms with Crippen LogP contribution in [-0.2, 0) is 9.84 Å². The third-order valence-electron chi connectivity index (χ3n) is 2.85. The molecular formula is C11H25NO2S. The second-order valence-electron chi connectivity index (χ2n) is 5.46. The number of hydrogen-bond donors (Lipinski definition) is 1. The third kappa shape index (κ3) is 5.52. The lowest BCUT2D eigenvalue weighted by Gasteiger charge is -2.28. The first kappa shape index (κ1) is 14.9. The van der Waals surface area contributed by atoms with Gasteiger partial charge in [0.1, 0.15) is 0 Å². The predicted octanol–water partition coefficient (Wildman–Crippen LogP) is 1.83. The van der Waals surface area contributed by atoms with Crippen LogP contribution in [0, 0.1) is 5.41 Å². The summed E-state index contributed by atoms with van der Waals surface area (Å²) in [6.07, 6.45) is 0. The molecule has 0 aliphatic carbocycles. The van der Waals surface area contributed by atoms with Gasteiger partial charge in [-0.3, -0.25) is 0 Å². The van der Waals surface area contributed by atoms with Crippen molar-refractivity contribution >= 4 is 9.84 Å². The molecule has 0 saturated heterocycles. The SMILES string of the molecule is CC(NCCS(=O)(=O)C(C)C)C(C)(C)C. The lowest BCUT2D eigenvalue weighted by molar-refractivity contribution is 0.291. The van der Waals surface area contributed by atoms with Crippen LogP contribution in [0.25, 0.3) is 0 Å². The zero-order chi connectivity index (χ0) is 12.3. The predicted molar refractivity (Wildman–Crippen MR) is 65.8 cm³/mol. The Morgan fingerprint density at radius 3 is 1.93 bits per heavy atom. The lowest BCUT2D eigenvalue weighted by atomic mass is 9.88. The summed E-state index contributed by atoms with van der Waals surface area (Å²) in [4.78, 5) is 0. The Morgan fingerprint density at radius 2 is 1.60 bits per heavy atom. The van der Waals surface area contributed by atoms with Gasteiger partial charge in [-0.25, -0.2) is 8.42 Å². The highest BCUT2D eigenvalue weighted by molar-refractivity contribution is 7.92. The van der Waals surface area contributed by atoms with Crippen molar-refractivity contribution in [2.24, 2.45) is 5.41 Å². The molecule has 0 fully saturated rings. The fourth-order valence-corrected chi connectivity index (χ4v) is 1.83. The average Bonchev–Trinajstić information content (AvgIpc) is 2.01. The standard InChI is InChI=1S/C11H25NO2S/c1-9(2)15(13,14)8-7-12-10(3)11(4,5)6/h9-10,12H,7-8H2,1-6H3. The molecule has 92 valence electrons. The van der Waals surface area contributed by atoms with E-state index in [4.69, 9.17) is 0 Å².